The van der Waals surface area contributed by atoms with Crippen LogP contribution in [0.5, 0.6) is 0 Å². The Morgan fingerprint density at radius 2 is 2.19 bits per heavy atom. The van der Waals surface area contributed by atoms with E-state index in [4.69, 9.17) is 0 Å². The molecule has 0 saturated heterocycles. The summed E-state index contributed by atoms with van der Waals surface area (Å²) in [6, 6.07) is 14.0. The molecule has 1 amide bonds. The Kier molecular flexibility index (Phi) is 2.74. The number of benzene rings is 2. The smallest absolute Gasteiger partial charge is 0.251 e. The zero-order valence-electron chi connectivity index (χ0n) is 11.5. The molecule has 1 atom stereocenters. The van der Waals surface area contributed by atoms with Gasteiger partial charge in [-0.15, -0.1) is 0 Å². The number of carbonyl (C=O) groups excluding carboxylic acids is 1. The molecule has 4 nitrogen and oxygen atoms in total. The van der Waals surface area contributed by atoms with Crippen molar-refractivity contribution in [3.63, 3.8) is 0 Å². The topological polar surface area (TPSA) is 57.8 Å². The summed E-state index contributed by atoms with van der Waals surface area (Å²) < 4.78 is 0. The average molecular weight is 277 g/mol. The van der Waals surface area contributed by atoms with Gasteiger partial charge in [0.15, 0.2) is 0 Å². The summed E-state index contributed by atoms with van der Waals surface area (Å²) in [7, 11) is 0. The van der Waals surface area contributed by atoms with E-state index in [0.29, 0.717) is 18.0 Å². The molecule has 1 aliphatic rings. The molecule has 3 aromatic rings. The van der Waals surface area contributed by atoms with Gasteiger partial charge in [-0.3, -0.25) is 9.89 Å². The summed E-state index contributed by atoms with van der Waals surface area (Å²) in [5, 5.41) is 10.9. The van der Waals surface area contributed by atoms with Gasteiger partial charge in [0.25, 0.3) is 5.91 Å². The van der Waals surface area contributed by atoms with E-state index in [1.807, 2.05) is 18.2 Å². The number of carbonyl (C=O) groups is 1. The maximum absolute atomic E-state index is 12.2. The van der Waals surface area contributed by atoms with E-state index >= 15 is 0 Å². The lowest BCUT2D eigenvalue weighted by Crippen LogP contribution is -2.33. The van der Waals surface area contributed by atoms with E-state index in [0.717, 1.165) is 17.3 Å². The lowest BCUT2D eigenvalue weighted by atomic mass is 9.77. The van der Waals surface area contributed by atoms with Crippen molar-refractivity contribution in [3.8, 4) is 0 Å². The normalized spacial score (nSPS) is 16.3. The average Bonchev–Trinajstić information content (AvgIpc) is 2.95. The second-order valence-corrected chi connectivity index (χ2v) is 5.48. The zero-order chi connectivity index (χ0) is 14.2. The molecule has 21 heavy (non-hydrogen) atoms. The molecule has 0 saturated carbocycles. The first-order valence-corrected chi connectivity index (χ1v) is 7.10. The van der Waals surface area contributed by atoms with Crippen LogP contribution in [0.1, 0.15) is 27.4 Å². The predicted molar refractivity (Wildman–Crippen MR) is 81.3 cm³/mol. The van der Waals surface area contributed by atoms with Crippen LogP contribution in [-0.2, 0) is 6.42 Å². The fraction of sp³-hybridized carbons (Fsp3) is 0.176. The van der Waals surface area contributed by atoms with Crippen molar-refractivity contribution in [2.75, 3.05) is 6.54 Å². The predicted octanol–water partition coefficient (Wildman–Crippen LogP) is 2.63. The maximum Gasteiger partial charge on any atom is 0.251 e. The van der Waals surface area contributed by atoms with Crippen molar-refractivity contribution in [1.82, 2.24) is 15.5 Å². The van der Waals surface area contributed by atoms with Crippen LogP contribution in [0.2, 0.25) is 0 Å². The lowest BCUT2D eigenvalue weighted by molar-refractivity contribution is 0.0950. The third-order valence-corrected chi connectivity index (χ3v) is 4.17. The van der Waals surface area contributed by atoms with Gasteiger partial charge in [-0.05, 0) is 29.7 Å². The van der Waals surface area contributed by atoms with Crippen molar-refractivity contribution >= 4 is 16.8 Å². The highest BCUT2D eigenvalue weighted by Gasteiger charge is 2.25. The van der Waals surface area contributed by atoms with Crippen LogP contribution in [0.3, 0.4) is 0 Å². The van der Waals surface area contributed by atoms with Crippen molar-refractivity contribution in [3.05, 3.63) is 65.4 Å². The van der Waals surface area contributed by atoms with Crippen LogP contribution in [-0.4, -0.2) is 22.6 Å². The molecule has 2 aromatic carbocycles. The molecular weight excluding hydrogens is 262 g/mol. The molecule has 1 unspecified atom stereocenters. The molecular formula is C17H15N3O. The second kappa shape index (κ2) is 4.74. The first-order valence-electron chi connectivity index (χ1n) is 7.10. The van der Waals surface area contributed by atoms with Gasteiger partial charge >= 0.3 is 0 Å². The first-order chi connectivity index (χ1) is 10.3. The number of amides is 1. The number of fused-ring (bicyclic) bond motifs is 2. The van der Waals surface area contributed by atoms with E-state index in [1.54, 1.807) is 6.20 Å². The summed E-state index contributed by atoms with van der Waals surface area (Å²) >= 11 is 0. The van der Waals surface area contributed by atoms with Crippen LogP contribution in [0.4, 0.5) is 0 Å². The molecule has 0 spiro atoms. The number of nitrogens with one attached hydrogen (secondary N) is 2. The SMILES string of the molecule is O=C(NCC1Cc2ccccc21)c1ccc2cn[nH]c2c1. The number of nitrogens with zero attached hydrogens (tertiary/aromatic N) is 1. The Morgan fingerprint density at radius 3 is 3.10 bits per heavy atom. The standard InChI is InChI=1S/C17H15N3O/c21-17(12-5-6-13-10-19-20-16(13)8-12)18-9-14-7-11-3-1-2-4-15(11)14/h1-6,8,10,14H,7,9H2,(H,18,21)(H,19,20). The first kappa shape index (κ1) is 12.1. The van der Waals surface area contributed by atoms with Crippen molar-refractivity contribution < 1.29 is 4.79 Å². The maximum atomic E-state index is 12.2. The number of H-pyrrole nitrogens is 1. The summed E-state index contributed by atoms with van der Waals surface area (Å²) in [4.78, 5) is 12.2. The van der Waals surface area contributed by atoms with Crippen molar-refractivity contribution in [2.45, 2.75) is 12.3 Å². The van der Waals surface area contributed by atoms with Gasteiger partial charge in [-0.2, -0.15) is 5.10 Å². The molecule has 4 rings (SSSR count). The van der Waals surface area contributed by atoms with E-state index in [9.17, 15) is 4.79 Å². The third kappa shape index (κ3) is 2.09. The lowest BCUT2D eigenvalue weighted by Gasteiger charge is -2.30. The monoisotopic (exact) mass is 277 g/mol. The quantitative estimate of drug-likeness (QED) is 0.773. The molecule has 2 N–H and O–H groups in total. The van der Waals surface area contributed by atoms with Crippen molar-refractivity contribution in [1.29, 1.82) is 0 Å². The molecule has 1 heterocycles. The van der Waals surface area contributed by atoms with E-state index in [2.05, 4.69) is 39.8 Å². The minimum absolute atomic E-state index is 0.0316. The third-order valence-electron chi connectivity index (χ3n) is 4.17. The Balaban J connectivity index is 1.44. The highest BCUT2D eigenvalue weighted by atomic mass is 16.1. The van der Waals surface area contributed by atoms with Crippen molar-refractivity contribution in [2.24, 2.45) is 0 Å². The van der Waals surface area contributed by atoms with Gasteiger partial charge in [0.1, 0.15) is 0 Å². The summed E-state index contributed by atoms with van der Waals surface area (Å²) in [5.41, 5.74) is 4.31. The Hall–Kier alpha value is -2.62. The number of rotatable bonds is 3. The van der Waals surface area contributed by atoms with E-state index in [-0.39, 0.29) is 5.91 Å². The van der Waals surface area contributed by atoms with Crippen LogP contribution in [0.25, 0.3) is 10.9 Å². The van der Waals surface area contributed by atoms with E-state index in [1.165, 1.54) is 11.1 Å². The van der Waals surface area contributed by atoms with Crippen LogP contribution < -0.4 is 5.32 Å². The highest BCUT2D eigenvalue weighted by molar-refractivity contribution is 5.97. The van der Waals surface area contributed by atoms with Gasteiger partial charge in [0.2, 0.25) is 0 Å². The van der Waals surface area contributed by atoms with Gasteiger partial charge in [-0.25, -0.2) is 0 Å². The molecule has 104 valence electrons. The molecule has 0 fully saturated rings. The number of hydrogen-bond donors (Lipinski definition) is 2. The molecule has 0 radical (unpaired) electrons. The molecule has 4 heteroatoms. The van der Waals surface area contributed by atoms with Crippen LogP contribution in [0, 0.1) is 0 Å². The zero-order valence-corrected chi connectivity index (χ0v) is 11.5. The minimum Gasteiger partial charge on any atom is -0.351 e. The molecule has 1 aliphatic carbocycles. The molecule has 1 aromatic heterocycles. The van der Waals surface area contributed by atoms with Crippen LogP contribution in [0.15, 0.2) is 48.7 Å². The Morgan fingerprint density at radius 1 is 1.29 bits per heavy atom. The van der Waals surface area contributed by atoms with Gasteiger partial charge < -0.3 is 5.32 Å². The Bertz CT molecular complexity index is 822. The highest BCUT2D eigenvalue weighted by Crippen LogP contribution is 2.34. The Labute approximate surface area is 122 Å². The minimum atomic E-state index is -0.0316. The summed E-state index contributed by atoms with van der Waals surface area (Å²) in [6.07, 6.45) is 2.80. The van der Waals surface area contributed by atoms with Gasteiger partial charge in [-0.1, -0.05) is 30.3 Å². The fourth-order valence-electron chi connectivity index (χ4n) is 2.94. The largest absolute Gasteiger partial charge is 0.351 e. The molecule has 0 aliphatic heterocycles. The number of aromatic amines is 1. The second-order valence-electron chi connectivity index (χ2n) is 5.48. The fourth-order valence-corrected chi connectivity index (χ4v) is 2.94. The summed E-state index contributed by atoms with van der Waals surface area (Å²) in [6.45, 7) is 0.691. The number of hydrogen-bond acceptors (Lipinski definition) is 2. The summed E-state index contributed by atoms with van der Waals surface area (Å²) in [5.74, 6) is 0.414. The van der Waals surface area contributed by atoms with Gasteiger partial charge in [0, 0.05) is 23.4 Å². The van der Waals surface area contributed by atoms with E-state index < -0.39 is 0 Å². The molecule has 0 bridgehead atoms. The number of aromatic nitrogens is 2. The van der Waals surface area contributed by atoms with Crippen LogP contribution >= 0.6 is 0 Å². The van der Waals surface area contributed by atoms with Gasteiger partial charge in [0.05, 0.1) is 11.7 Å².